The molecule has 0 bridgehead atoms. The molecule has 3 nitrogen and oxygen atoms in total. The highest BCUT2D eigenvalue weighted by atomic mass is 16.5. The molecule has 0 heterocycles. The average Bonchev–Trinajstić information content (AvgIpc) is 2.27. The van der Waals surface area contributed by atoms with Gasteiger partial charge in [-0.1, -0.05) is 26.3 Å². The lowest BCUT2D eigenvalue weighted by Crippen LogP contribution is -2.18. The smallest absolute Gasteiger partial charge is 0.309 e. The van der Waals surface area contributed by atoms with Crippen molar-refractivity contribution in [1.29, 1.82) is 0 Å². The molecule has 1 unspecified atom stereocenters. The van der Waals surface area contributed by atoms with Gasteiger partial charge in [0.2, 0.25) is 0 Å². The highest BCUT2D eigenvalue weighted by Crippen LogP contribution is 2.15. The SMILES string of the molecule is C=CCC(CCCCO)C(=O)OCCC(C)C. The van der Waals surface area contributed by atoms with E-state index >= 15 is 0 Å². The first-order valence-electron chi connectivity index (χ1n) is 6.50. The Morgan fingerprint density at radius 3 is 2.59 bits per heavy atom. The van der Waals surface area contributed by atoms with Crippen LogP contribution in [-0.4, -0.2) is 24.3 Å². The molecule has 17 heavy (non-hydrogen) atoms. The van der Waals surface area contributed by atoms with Crippen LogP contribution in [0.25, 0.3) is 0 Å². The van der Waals surface area contributed by atoms with E-state index < -0.39 is 0 Å². The summed E-state index contributed by atoms with van der Waals surface area (Å²) < 4.78 is 5.25. The molecule has 0 fully saturated rings. The number of allylic oxidation sites excluding steroid dienone is 1. The molecule has 0 rings (SSSR count). The molecule has 0 radical (unpaired) electrons. The van der Waals surface area contributed by atoms with Crippen molar-refractivity contribution in [2.45, 2.75) is 46.0 Å². The lowest BCUT2D eigenvalue weighted by Gasteiger charge is -2.14. The molecule has 0 aromatic heterocycles. The predicted molar refractivity (Wildman–Crippen MR) is 69.7 cm³/mol. The fraction of sp³-hybridized carbons (Fsp3) is 0.786. The Hall–Kier alpha value is -0.830. The zero-order valence-corrected chi connectivity index (χ0v) is 11.2. The summed E-state index contributed by atoms with van der Waals surface area (Å²) in [4.78, 5) is 11.8. The third-order valence-electron chi connectivity index (χ3n) is 2.68. The fourth-order valence-electron chi connectivity index (χ4n) is 1.55. The first-order chi connectivity index (χ1) is 8.11. The maximum atomic E-state index is 11.8. The number of ether oxygens (including phenoxy) is 1. The Labute approximate surface area is 105 Å². The summed E-state index contributed by atoms with van der Waals surface area (Å²) in [5, 5.41) is 8.71. The van der Waals surface area contributed by atoms with E-state index in [1.165, 1.54) is 0 Å². The van der Waals surface area contributed by atoms with Crippen LogP contribution in [0, 0.1) is 11.8 Å². The maximum Gasteiger partial charge on any atom is 0.309 e. The number of unbranched alkanes of at least 4 members (excludes halogenated alkanes) is 1. The van der Waals surface area contributed by atoms with Crippen LogP contribution in [0.2, 0.25) is 0 Å². The van der Waals surface area contributed by atoms with Crippen LogP contribution < -0.4 is 0 Å². The van der Waals surface area contributed by atoms with E-state index in [1.807, 2.05) is 0 Å². The minimum atomic E-state index is -0.122. The van der Waals surface area contributed by atoms with E-state index in [0.717, 1.165) is 25.7 Å². The number of aliphatic hydroxyl groups is 1. The quantitative estimate of drug-likeness (QED) is 0.364. The summed E-state index contributed by atoms with van der Waals surface area (Å²) >= 11 is 0. The lowest BCUT2D eigenvalue weighted by atomic mass is 9.98. The van der Waals surface area contributed by atoms with Crippen LogP contribution in [0.15, 0.2) is 12.7 Å². The molecular weight excluding hydrogens is 216 g/mol. The second-order valence-electron chi connectivity index (χ2n) is 4.79. The topological polar surface area (TPSA) is 46.5 Å². The molecule has 100 valence electrons. The van der Waals surface area contributed by atoms with E-state index in [2.05, 4.69) is 20.4 Å². The Morgan fingerprint density at radius 1 is 1.35 bits per heavy atom. The van der Waals surface area contributed by atoms with Crippen molar-refractivity contribution in [3.05, 3.63) is 12.7 Å². The van der Waals surface area contributed by atoms with Gasteiger partial charge in [-0.3, -0.25) is 4.79 Å². The van der Waals surface area contributed by atoms with Crippen molar-refractivity contribution < 1.29 is 14.6 Å². The molecule has 0 aromatic carbocycles. The van der Waals surface area contributed by atoms with Crippen LogP contribution in [0.5, 0.6) is 0 Å². The predicted octanol–water partition coefficient (Wildman–Crippen LogP) is 2.93. The zero-order chi connectivity index (χ0) is 13.1. The first-order valence-corrected chi connectivity index (χ1v) is 6.50. The number of esters is 1. The Morgan fingerprint density at radius 2 is 2.06 bits per heavy atom. The van der Waals surface area contributed by atoms with Gasteiger partial charge in [0.05, 0.1) is 12.5 Å². The van der Waals surface area contributed by atoms with E-state index in [9.17, 15) is 4.79 Å². The average molecular weight is 242 g/mol. The standard InChI is InChI=1S/C14H26O3/c1-4-7-13(8-5-6-10-15)14(16)17-11-9-12(2)3/h4,12-13,15H,1,5-11H2,2-3H3. The zero-order valence-electron chi connectivity index (χ0n) is 11.2. The Bertz CT molecular complexity index is 212. The minimum Gasteiger partial charge on any atom is -0.465 e. The molecule has 0 aromatic rings. The summed E-state index contributed by atoms with van der Waals surface area (Å²) in [7, 11) is 0. The van der Waals surface area contributed by atoms with Crippen molar-refractivity contribution in [1.82, 2.24) is 0 Å². The monoisotopic (exact) mass is 242 g/mol. The van der Waals surface area contributed by atoms with Crippen LogP contribution in [0.3, 0.4) is 0 Å². The van der Waals surface area contributed by atoms with Crippen molar-refractivity contribution in [3.8, 4) is 0 Å². The number of carbonyl (C=O) groups excluding carboxylic acids is 1. The highest BCUT2D eigenvalue weighted by molar-refractivity contribution is 5.72. The molecule has 0 aliphatic heterocycles. The molecule has 0 saturated heterocycles. The molecule has 0 saturated carbocycles. The minimum absolute atomic E-state index is 0.0915. The van der Waals surface area contributed by atoms with Crippen LogP contribution in [0.1, 0.15) is 46.0 Å². The number of hydrogen-bond acceptors (Lipinski definition) is 3. The number of aliphatic hydroxyl groups excluding tert-OH is 1. The summed E-state index contributed by atoms with van der Waals surface area (Å²) in [5.74, 6) is 0.338. The summed E-state index contributed by atoms with van der Waals surface area (Å²) in [6, 6.07) is 0. The number of carbonyl (C=O) groups is 1. The molecule has 1 N–H and O–H groups in total. The van der Waals surface area contributed by atoms with E-state index in [1.54, 1.807) is 6.08 Å². The van der Waals surface area contributed by atoms with Gasteiger partial charge in [-0.2, -0.15) is 0 Å². The van der Waals surface area contributed by atoms with E-state index in [4.69, 9.17) is 9.84 Å². The van der Waals surface area contributed by atoms with Gasteiger partial charge in [-0.05, 0) is 31.6 Å². The summed E-state index contributed by atoms with van der Waals surface area (Å²) in [5.41, 5.74) is 0. The second kappa shape index (κ2) is 10.3. The van der Waals surface area contributed by atoms with Crippen LogP contribution in [0.4, 0.5) is 0 Å². The fourth-order valence-corrected chi connectivity index (χ4v) is 1.55. The lowest BCUT2D eigenvalue weighted by molar-refractivity contribution is -0.149. The van der Waals surface area contributed by atoms with Gasteiger partial charge in [-0.25, -0.2) is 0 Å². The van der Waals surface area contributed by atoms with Gasteiger partial charge in [-0.15, -0.1) is 6.58 Å². The molecule has 0 spiro atoms. The molecule has 0 amide bonds. The van der Waals surface area contributed by atoms with Gasteiger partial charge in [0.25, 0.3) is 0 Å². The Kier molecular flexibility index (Phi) is 9.83. The van der Waals surface area contributed by atoms with Crippen LogP contribution in [-0.2, 0) is 9.53 Å². The third kappa shape index (κ3) is 8.93. The van der Waals surface area contributed by atoms with E-state index in [0.29, 0.717) is 18.9 Å². The molecule has 3 heteroatoms. The van der Waals surface area contributed by atoms with Crippen molar-refractivity contribution in [2.24, 2.45) is 11.8 Å². The van der Waals surface area contributed by atoms with Crippen LogP contribution >= 0.6 is 0 Å². The number of hydrogen-bond donors (Lipinski definition) is 1. The van der Waals surface area contributed by atoms with Gasteiger partial charge in [0.15, 0.2) is 0 Å². The van der Waals surface area contributed by atoms with Gasteiger partial charge in [0.1, 0.15) is 0 Å². The van der Waals surface area contributed by atoms with Crippen molar-refractivity contribution in [2.75, 3.05) is 13.2 Å². The normalized spacial score (nSPS) is 12.5. The van der Waals surface area contributed by atoms with Gasteiger partial charge >= 0.3 is 5.97 Å². The summed E-state index contributed by atoms with van der Waals surface area (Å²) in [6.45, 7) is 8.57. The molecule has 1 atom stereocenters. The van der Waals surface area contributed by atoms with Crippen molar-refractivity contribution in [3.63, 3.8) is 0 Å². The third-order valence-corrected chi connectivity index (χ3v) is 2.68. The second-order valence-corrected chi connectivity index (χ2v) is 4.79. The summed E-state index contributed by atoms with van der Waals surface area (Å²) in [6.07, 6.45) is 5.69. The highest BCUT2D eigenvalue weighted by Gasteiger charge is 2.18. The first kappa shape index (κ1) is 16.2. The number of rotatable bonds is 10. The van der Waals surface area contributed by atoms with E-state index in [-0.39, 0.29) is 18.5 Å². The van der Waals surface area contributed by atoms with Gasteiger partial charge < -0.3 is 9.84 Å². The largest absolute Gasteiger partial charge is 0.465 e. The molecule has 0 aliphatic carbocycles. The maximum absolute atomic E-state index is 11.8. The Balaban J connectivity index is 3.92. The molecule has 0 aliphatic rings. The van der Waals surface area contributed by atoms with Gasteiger partial charge in [0, 0.05) is 6.61 Å². The van der Waals surface area contributed by atoms with Crippen molar-refractivity contribution >= 4 is 5.97 Å². The molecular formula is C14H26O3.